The summed E-state index contributed by atoms with van der Waals surface area (Å²) in [6, 6.07) is 24.8. The molecule has 0 radical (unpaired) electrons. The Hall–Kier alpha value is -3.40. The topological polar surface area (TPSA) is 49.4 Å². The van der Waals surface area contributed by atoms with Crippen LogP contribution in [0, 0.1) is 6.92 Å². The summed E-state index contributed by atoms with van der Waals surface area (Å²) in [5.74, 6) is -0.208. The lowest BCUT2D eigenvalue weighted by Crippen LogP contribution is -2.30. The highest BCUT2D eigenvalue weighted by Crippen LogP contribution is 2.19. The molecule has 0 spiro atoms. The van der Waals surface area contributed by atoms with E-state index in [1.807, 2.05) is 68.4 Å². The molecule has 1 N–H and O–H groups in total. The zero-order valence-corrected chi connectivity index (χ0v) is 16.9. The van der Waals surface area contributed by atoms with Crippen LogP contribution in [0.3, 0.4) is 0 Å². The highest BCUT2D eigenvalue weighted by atomic mass is 16.2. The van der Waals surface area contributed by atoms with Crippen molar-refractivity contribution < 1.29 is 9.59 Å². The van der Waals surface area contributed by atoms with Crippen LogP contribution in [0.5, 0.6) is 0 Å². The molecule has 3 rings (SSSR count). The quantitative estimate of drug-likeness (QED) is 0.643. The van der Waals surface area contributed by atoms with E-state index in [9.17, 15) is 9.59 Å². The lowest BCUT2D eigenvalue weighted by atomic mass is 10.1. The Balaban J connectivity index is 1.62. The third-order valence-corrected chi connectivity index (χ3v) is 4.81. The van der Waals surface area contributed by atoms with E-state index in [4.69, 9.17) is 0 Å². The molecule has 0 unspecified atom stereocenters. The van der Waals surface area contributed by atoms with E-state index in [1.54, 1.807) is 29.2 Å². The van der Waals surface area contributed by atoms with Gasteiger partial charge in [-0.1, -0.05) is 42.5 Å². The van der Waals surface area contributed by atoms with Crippen molar-refractivity contribution in [3.05, 3.63) is 101 Å². The van der Waals surface area contributed by atoms with Gasteiger partial charge in [0.1, 0.15) is 0 Å². The Bertz CT molecular complexity index is 966. The molecule has 0 aromatic heterocycles. The molecule has 0 aliphatic heterocycles. The average molecular weight is 386 g/mol. The molecule has 0 heterocycles. The van der Waals surface area contributed by atoms with Gasteiger partial charge in [0.05, 0.1) is 0 Å². The summed E-state index contributed by atoms with van der Waals surface area (Å²) in [5, 5.41) is 2.93. The molecule has 0 aliphatic rings. The largest absolute Gasteiger partial charge is 0.352 e. The predicted molar refractivity (Wildman–Crippen MR) is 117 cm³/mol. The number of rotatable bonds is 7. The Morgan fingerprint density at radius 2 is 1.55 bits per heavy atom. The second-order valence-electron chi connectivity index (χ2n) is 6.96. The van der Waals surface area contributed by atoms with Gasteiger partial charge in [0.15, 0.2) is 0 Å². The van der Waals surface area contributed by atoms with Gasteiger partial charge in [0.2, 0.25) is 0 Å². The molecule has 4 nitrogen and oxygen atoms in total. The minimum absolute atomic E-state index is 0.0749. The molecule has 148 valence electrons. The van der Waals surface area contributed by atoms with E-state index < -0.39 is 0 Å². The summed E-state index contributed by atoms with van der Waals surface area (Å²) in [5.41, 5.74) is 4.28. The number of carbonyl (C=O) groups is 2. The zero-order valence-electron chi connectivity index (χ0n) is 16.9. The molecular formula is C25H26N2O2. The number of hydrogen-bond donors (Lipinski definition) is 1. The van der Waals surface area contributed by atoms with Gasteiger partial charge in [-0.25, -0.2) is 0 Å². The molecule has 0 bridgehead atoms. The summed E-state index contributed by atoms with van der Waals surface area (Å²) in [6.07, 6.45) is 0.783. The third-order valence-electron chi connectivity index (χ3n) is 4.81. The molecule has 0 saturated carbocycles. The number of nitrogens with zero attached hydrogens (tertiary/aromatic N) is 1. The third kappa shape index (κ3) is 5.32. The fraction of sp³-hybridized carbons (Fsp3) is 0.200. The molecule has 3 aromatic rings. The second kappa shape index (κ2) is 9.69. The molecule has 2 amide bonds. The van der Waals surface area contributed by atoms with Gasteiger partial charge in [-0.2, -0.15) is 0 Å². The van der Waals surface area contributed by atoms with Crippen molar-refractivity contribution in [3.8, 4) is 0 Å². The average Bonchev–Trinajstić information content (AvgIpc) is 2.75. The van der Waals surface area contributed by atoms with Gasteiger partial charge < -0.3 is 10.2 Å². The van der Waals surface area contributed by atoms with Crippen LogP contribution in [0.2, 0.25) is 0 Å². The first-order valence-electron chi connectivity index (χ1n) is 9.89. The van der Waals surface area contributed by atoms with E-state index in [0.717, 1.165) is 17.7 Å². The molecule has 0 saturated heterocycles. The van der Waals surface area contributed by atoms with Gasteiger partial charge in [0, 0.05) is 29.9 Å². The Labute approximate surface area is 172 Å². The molecule has 0 aliphatic carbocycles. The van der Waals surface area contributed by atoms with Gasteiger partial charge in [-0.05, 0) is 67.8 Å². The number of aryl methyl sites for hydroxylation is 1. The second-order valence-corrected chi connectivity index (χ2v) is 6.96. The zero-order chi connectivity index (χ0) is 20.6. The lowest BCUT2D eigenvalue weighted by Gasteiger charge is -2.21. The van der Waals surface area contributed by atoms with Crippen molar-refractivity contribution >= 4 is 17.5 Å². The first kappa shape index (κ1) is 20.3. The summed E-state index contributed by atoms with van der Waals surface area (Å²) >= 11 is 0. The smallest absolute Gasteiger partial charge is 0.258 e. The fourth-order valence-corrected chi connectivity index (χ4v) is 3.23. The van der Waals surface area contributed by atoms with Crippen molar-refractivity contribution in [1.82, 2.24) is 5.32 Å². The van der Waals surface area contributed by atoms with Crippen molar-refractivity contribution in [1.29, 1.82) is 0 Å². The number of benzene rings is 3. The van der Waals surface area contributed by atoms with Crippen LogP contribution in [0.1, 0.15) is 38.8 Å². The minimum atomic E-state index is -0.133. The van der Waals surface area contributed by atoms with Gasteiger partial charge in [-0.3, -0.25) is 9.59 Å². The molecule has 29 heavy (non-hydrogen) atoms. The summed E-state index contributed by atoms with van der Waals surface area (Å²) in [7, 11) is 0. The normalized spacial score (nSPS) is 10.4. The fourth-order valence-electron chi connectivity index (χ4n) is 3.23. The van der Waals surface area contributed by atoms with Crippen LogP contribution in [-0.4, -0.2) is 24.9 Å². The van der Waals surface area contributed by atoms with Crippen LogP contribution in [0.25, 0.3) is 0 Å². The standard InChI is InChI=1S/C25H26N2O2/c1-3-27(23-11-7-8-19(2)18-23)25(29)22-14-12-21(13-15-22)24(28)26-17-16-20-9-5-4-6-10-20/h4-15,18H,3,16-17H2,1-2H3,(H,26,28). The Kier molecular flexibility index (Phi) is 6.80. The van der Waals surface area contributed by atoms with E-state index in [0.29, 0.717) is 24.2 Å². The molecule has 0 fully saturated rings. The van der Waals surface area contributed by atoms with Crippen molar-refractivity contribution in [3.63, 3.8) is 0 Å². The minimum Gasteiger partial charge on any atom is -0.352 e. The number of nitrogens with one attached hydrogen (secondary N) is 1. The maximum absolute atomic E-state index is 12.9. The maximum atomic E-state index is 12.9. The van der Waals surface area contributed by atoms with Crippen molar-refractivity contribution in [2.75, 3.05) is 18.0 Å². The van der Waals surface area contributed by atoms with Crippen LogP contribution in [0.15, 0.2) is 78.9 Å². The first-order valence-corrected chi connectivity index (χ1v) is 9.89. The maximum Gasteiger partial charge on any atom is 0.258 e. The van der Waals surface area contributed by atoms with Gasteiger partial charge in [-0.15, -0.1) is 0 Å². The highest BCUT2D eigenvalue weighted by Gasteiger charge is 2.16. The Morgan fingerprint density at radius 1 is 0.862 bits per heavy atom. The Morgan fingerprint density at radius 3 is 2.21 bits per heavy atom. The van der Waals surface area contributed by atoms with Crippen LogP contribution >= 0.6 is 0 Å². The SMILES string of the molecule is CCN(C(=O)c1ccc(C(=O)NCCc2ccccc2)cc1)c1cccc(C)c1. The van der Waals surface area contributed by atoms with E-state index in [1.165, 1.54) is 5.56 Å². The molecular weight excluding hydrogens is 360 g/mol. The highest BCUT2D eigenvalue weighted by molar-refractivity contribution is 6.06. The van der Waals surface area contributed by atoms with E-state index >= 15 is 0 Å². The number of anilines is 1. The number of carbonyl (C=O) groups excluding carboxylic acids is 2. The number of amides is 2. The van der Waals surface area contributed by atoms with Crippen LogP contribution in [0.4, 0.5) is 5.69 Å². The van der Waals surface area contributed by atoms with Crippen LogP contribution in [-0.2, 0) is 6.42 Å². The van der Waals surface area contributed by atoms with Crippen molar-refractivity contribution in [2.45, 2.75) is 20.3 Å². The van der Waals surface area contributed by atoms with Crippen LogP contribution < -0.4 is 10.2 Å². The lowest BCUT2D eigenvalue weighted by molar-refractivity contribution is 0.0950. The molecule has 4 heteroatoms. The predicted octanol–water partition coefficient (Wildman–Crippen LogP) is 4.63. The first-order chi connectivity index (χ1) is 14.1. The molecule has 0 atom stereocenters. The van der Waals surface area contributed by atoms with Crippen molar-refractivity contribution in [2.24, 2.45) is 0 Å². The number of hydrogen-bond acceptors (Lipinski definition) is 2. The van der Waals surface area contributed by atoms with Gasteiger partial charge >= 0.3 is 0 Å². The monoisotopic (exact) mass is 386 g/mol. The van der Waals surface area contributed by atoms with E-state index in [-0.39, 0.29) is 11.8 Å². The summed E-state index contributed by atoms with van der Waals surface area (Å²) in [4.78, 5) is 27.0. The van der Waals surface area contributed by atoms with Gasteiger partial charge in [0.25, 0.3) is 11.8 Å². The molecule has 3 aromatic carbocycles. The summed E-state index contributed by atoms with van der Waals surface area (Å²) in [6.45, 7) is 5.10. The summed E-state index contributed by atoms with van der Waals surface area (Å²) < 4.78 is 0. The van der Waals surface area contributed by atoms with E-state index in [2.05, 4.69) is 5.32 Å².